The van der Waals surface area contributed by atoms with Crippen molar-refractivity contribution >= 4 is 16.9 Å². The van der Waals surface area contributed by atoms with Crippen LogP contribution >= 0.6 is 11.8 Å². The van der Waals surface area contributed by atoms with Crippen LogP contribution in [0.5, 0.6) is 0 Å². The van der Waals surface area contributed by atoms with Crippen LogP contribution in [0.25, 0.3) is 0 Å². The van der Waals surface area contributed by atoms with Crippen LogP contribution in [-0.2, 0) is 6.54 Å². The van der Waals surface area contributed by atoms with Crippen molar-refractivity contribution in [1.29, 1.82) is 0 Å². The number of aryl methyl sites for hydroxylation is 1. The fraction of sp³-hybridized carbons (Fsp3) is 0.714. The predicted octanol–water partition coefficient (Wildman–Crippen LogP) is 2.91. The van der Waals surface area contributed by atoms with E-state index in [0.29, 0.717) is 5.54 Å². The average Bonchev–Trinajstić information content (AvgIpc) is 3.08. The van der Waals surface area contributed by atoms with Gasteiger partial charge in [-0.2, -0.15) is 0 Å². The molecule has 19 heavy (non-hydrogen) atoms. The number of aliphatic imine (C=N–C) groups is 1. The van der Waals surface area contributed by atoms with Crippen molar-refractivity contribution in [2.24, 2.45) is 4.99 Å². The van der Waals surface area contributed by atoms with Crippen molar-refractivity contribution < 1.29 is 0 Å². The second kappa shape index (κ2) is 6.98. The highest BCUT2D eigenvalue weighted by Crippen LogP contribution is 2.28. The third-order valence-electron chi connectivity index (χ3n) is 3.85. The number of imidazole rings is 1. The lowest BCUT2D eigenvalue weighted by Gasteiger charge is -2.25. The normalized spacial score (nSPS) is 19.8. The maximum Gasteiger partial charge on any atom is 0.157 e. The SMILES string of the molecule is CCC1(CC)CSC(=NCCCCn2ccnc2)N1. The van der Waals surface area contributed by atoms with Crippen LogP contribution in [0.15, 0.2) is 23.7 Å². The molecule has 1 N–H and O–H groups in total. The number of nitrogens with zero attached hydrogens (tertiary/aromatic N) is 3. The summed E-state index contributed by atoms with van der Waals surface area (Å²) in [6.45, 7) is 6.48. The van der Waals surface area contributed by atoms with Crippen LogP contribution in [0.4, 0.5) is 0 Å². The van der Waals surface area contributed by atoms with E-state index in [9.17, 15) is 0 Å². The molecule has 1 aromatic heterocycles. The predicted molar refractivity (Wildman–Crippen MR) is 82.7 cm³/mol. The molecule has 1 aliphatic rings. The third-order valence-corrected chi connectivity index (χ3v) is 5.05. The van der Waals surface area contributed by atoms with E-state index in [-0.39, 0.29) is 0 Å². The number of thioether (sulfide) groups is 1. The van der Waals surface area contributed by atoms with Crippen molar-refractivity contribution in [3.63, 3.8) is 0 Å². The molecule has 5 heteroatoms. The molecule has 0 saturated carbocycles. The second-order valence-electron chi connectivity index (χ2n) is 5.10. The first-order chi connectivity index (χ1) is 9.28. The number of rotatable bonds is 7. The van der Waals surface area contributed by atoms with Gasteiger partial charge < -0.3 is 9.88 Å². The topological polar surface area (TPSA) is 42.2 Å². The van der Waals surface area contributed by atoms with Crippen molar-refractivity contribution in [1.82, 2.24) is 14.9 Å². The van der Waals surface area contributed by atoms with Gasteiger partial charge in [-0.15, -0.1) is 0 Å². The molecule has 4 nitrogen and oxygen atoms in total. The molecule has 1 aromatic rings. The largest absolute Gasteiger partial charge is 0.359 e. The van der Waals surface area contributed by atoms with Crippen LogP contribution in [-0.4, -0.2) is 32.6 Å². The van der Waals surface area contributed by atoms with Gasteiger partial charge in [-0.05, 0) is 25.7 Å². The smallest absolute Gasteiger partial charge is 0.157 e. The lowest BCUT2D eigenvalue weighted by Crippen LogP contribution is -2.42. The van der Waals surface area contributed by atoms with Crippen LogP contribution in [0.2, 0.25) is 0 Å². The maximum atomic E-state index is 4.68. The van der Waals surface area contributed by atoms with Gasteiger partial charge in [0.05, 0.1) is 6.33 Å². The number of unbranched alkanes of at least 4 members (excludes halogenated alkanes) is 1. The summed E-state index contributed by atoms with van der Waals surface area (Å²) < 4.78 is 2.12. The Bertz CT molecular complexity index is 396. The summed E-state index contributed by atoms with van der Waals surface area (Å²) in [6.07, 6.45) is 10.4. The molecule has 0 radical (unpaired) electrons. The van der Waals surface area contributed by atoms with Crippen molar-refractivity contribution in [3.8, 4) is 0 Å². The molecule has 0 bridgehead atoms. The first kappa shape index (κ1) is 14.4. The number of nitrogens with one attached hydrogen (secondary N) is 1. The summed E-state index contributed by atoms with van der Waals surface area (Å²) in [7, 11) is 0. The first-order valence-electron chi connectivity index (χ1n) is 7.19. The van der Waals surface area contributed by atoms with Gasteiger partial charge in [-0.1, -0.05) is 25.6 Å². The molecule has 106 valence electrons. The quantitative estimate of drug-likeness (QED) is 0.781. The Morgan fingerprint density at radius 2 is 2.26 bits per heavy atom. The van der Waals surface area contributed by atoms with Crippen molar-refractivity contribution in [2.45, 2.75) is 51.6 Å². The number of hydrogen-bond donors (Lipinski definition) is 1. The Morgan fingerprint density at radius 3 is 2.89 bits per heavy atom. The zero-order valence-electron chi connectivity index (χ0n) is 11.9. The van der Waals surface area contributed by atoms with E-state index in [0.717, 1.165) is 36.9 Å². The molecule has 1 saturated heterocycles. The molecular formula is C14H24N4S. The van der Waals surface area contributed by atoms with Crippen LogP contribution in [0, 0.1) is 0 Å². The van der Waals surface area contributed by atoms with Crippen molar-refractivity contribution in [3.05, 3.63) is 18.7 Å². The molecule has 1 aliphatic heterocycles. The van der Waals surface area contributed by atoms with Gasteiger partial charge in [0.1, 0.15) is 0 Å². The Morgan fingerprint density at radius 1 is 1.42 bits per heavy atom. The second-order valence-corrected chi connectivity index (χ2v) is 6.06. The maximum absolute atomic E-state index is 4.68. The fourth-order valence-corrected chi connectivity index (χ4v) is 3.59. The zero-order valence-corrected chi connectivity index (χ0v) is 12.7. The van der Waals surface area contributed by atoms with E-state index < -0.39 is 0 Å². The minimum absolute atomic E-state index is 0.292. The minimum Gasteiger partial charge on any atom is -0.359 e. The van der Waals surface area contributed by atoms with E-state index in [4.69, 9.17) is 0 Å². The van der Waals surface area contributed by atoms with E-state index in [1.165, 1.54) is 12.8 Å². The van der Waals surface area contributed by atoms with Gasteiger partial charge in [0.2, 0.25) is 0 Å². The summed E-state index contributed by atoms with van der Waals surface area (Å²) >= 11 is 1.88. The molecule has 1 fully saturated rings. The summed E-state index contributed by atoms with van der Waals surface area (Å²) in [5.41, 5.74) is 0.292. The molecule has 2 heterocycles. The summed E-state index contributed by atoms with van der Waals surface area (Å²) in [6, 6.07) is 0. The van der Waals surface area contributed by atoms with Gasteiger partial charge in [0.25, 0.3) is 0 Å². The lowest BCUT2D eigenvalue weighted by molar-refractivity contribution is 0.407. The molecule has 0 aliphatic carbocycles. The van der Waals surface area contributed by atoms with Crippen LogP contribution in [0.1, 0.15) is 39.5 Å². The molecular weight excluding hydrogens is 256 g/mol. The summed E-state index contributed by atoms with van der Waals surface area (Å²) in [5, 5.41) is 4.75. The lowest BCUT2D eigenvalue weighted by atomic mass is 9.96. The third kappa shape index (κ3) is 4.00. The Labute approximate surface area is 120 Å². The van der Waals surface area contributed by atoms with Gasteiger partial charge in [0, 0.05) is 36.8 Å². The molecule has 0 spiro atoms. The van der Waals surface area contributed by atoms with E-state index >= 15 is 0 Å². The monoisotopic (exact) mass is 280 g/mol. The van der Waals surface area contributed by atoms with E-state index in [1.54, 1.807) is 0 Å². The average molecular weight is 280 g/mol. The van der Waals surface area contributed by atoms with Gasteiger partial charge in [-0.3, -0.25) is 4.99 Å². The molecule has 0 aromatic carbocycles. The minimum atomic E-state index is 0.292. The Kier molecular flexibility index (Phi) is 5.31. The Balaban J connectivity index is 1.66. The van der Waals surface area contributed by atoms with Gasteiger partial charge in [0.15, 0.2) is 5.17 Å². The van der Waals surface area contributed by atoms with Crippen LogP contribution < -0.4 is 5.32 Å². The first-order valence-corrected chi connectivity index (χ1v) is 8.18. The highest BCUT2D eigenvalue weighted by molar-refractivity contribution is 8.14. The number of amidine groups is 1. The summed E-state index contributed by atoms with van der Waals surface area (Å²) in [5.74, 6) is 1.16. The fourth-order valence-electron chi connectivity index (χ4n) is 2.23. The number of aromatic nitrogens is 2. The van der Waals surface area contributed by atoms with E-state index in [1.807, 2.05) is 30.5 Å². The molecule has 0 atom stereocenters. The standard InChI is InChI=1S/C14H24N4S/c1-3-14(4-2)11-19-13(17-14)16-7-5-6-9-18-10-8-15-12-18/h8,10,12H,3-7,9,11H2,1-2H3,(H,16,17). The van der Waals surface area contributed by atoms with Crippen LogP contribution in [0.3, 0.4) is 0 Å². The molecule has 0 amide bonds. The van der Waals surface area contributed by atoms with Gasteiger partial charge >= 0.3 is 0 Å². The number of hydrogen-bond acceptors (Lipinski definition) is 3. The molecule has 2 rings (SSSR count). The summed E-state index contributed by atoms with van der Waals surface area (Å²) in [4.78, 5) is 8.72. The zero-order chi connectivity index (χ0) is 13.6. The van der Waals surface area contributed by atoms with Crippen molar-refractivity contribution in [2.75, 3.05) is 12.3 Å². The molecule has 0 unspecified atom stereocenters. The highest BCUT2D eigenvalue weighted by atomic mass is 32.2. The van der Waals surface area contributed by atoms with Gasteiger partial charge in [-0.25, -0.2) is 4.98 Å². The van der Waals surface area contributed by atoms with E-state index in [2.05, 4.69) is 33.7 Å². The highest BCUT2D eigenvalue weighted by Gasteiger charge is 2.33. The Hall–Kier alpha value is -0.970.